The van der Waals surface area contributed by atoms with Gasteiger partial charge in [0, 0.05) is 17.1 Å². The summed E-state index contributed by atoms with van der Waals surface area (Å²) in [5.41, 5.74) is 2.12. The van der Waals surface area contributed by atoms with Crippen LogP contribution < -0.4 is 10.2 Å². The SMILES string of the molecule is CNC(=O)/C(C#N)=C1/S[C@@H](Cc2cc(Cl)ccc2Cl)C(=O)N1c1ccccc1C. The minimum absolute atomic E-state index is 0.103. The van der Waals surface area contributed by atoms with Crippen LogP contribution in [-0.4, -0.2) is 24.1 Å². The summed E-state index contributed by atoms with van der Waals surface area (Å²) in [5, 5.41) is 12.9. The standard InChI is InChI=1S/C21H17Cl2N3O2S/c1-12-5-3-4-6-17(12)26-20(28)18(10-13-9-14(22)7-8-16(13)23)29-21(26)15(11-24)19(27)25-2/h3-9,18H,10H2,1-2H3,(H,25,27)/b21-15+/t18-/m0/s1. The maximum Gasteiger partial charge on any atom is 0.264 e. The van der Waals surface area contributed by atoms with E-state index >= 15 is 0 Å². The molecule has 0 bridgehead atoms. The number of benzene rings is 2. The van der Waals surface area contributed by atoms with Crippen molar-refractivity contribution in [3.63, 3.8) is 0 Å². The Morgan fingerprint density at radius 3 is 2.66 bits per heavy atom. The van der Waals surface area contributed by atoms with Gasteiger partial charge in [-0.15, -0.1) is 0 Å². The van der Waals surface area contributed by atoms with Crippen LogP contribution in [0.25, 0.3) is 0 Å². The molecule has 0 spiro atoms. The first kappa shape index (κ1) is 21.3. The molecular formula is C21H17Cl2N3O2S. The average molecular weight is 446 g/mol. The second kappa shape index (κ2) is 8.91. The number of nitriles is 1. The number of amides is 2. The molecule has 1 atom stereocenters. The number of aryl methyl sites for hydroxylation is 1. The van der Waals surface area contributed by atoms with Crippen LogP contribution in [0, 0.1) is 18.3 Å². The first-order valence-corrected chi connectivity index (χ1v) is 10.4. The van der Waals surface area contributed by atoms with E-state index in [1.807, 2.05) is 31.2 Å². The summed E-state index contributed by atoms with van der Waals surface area (Å²) in [5.74, 6) is -0.755. The number of anilines is 1. The highest BCUT2D eigenvalue weighted by molar-refractivity contribution is 8.05. The van der Waals surface area contributed by atoms with Gasteiger partial charge in [0.2, 0.25) is 5.91 Å². The molecule has 0 saturated carbocycles. The zero-order valence-electron chi connectivity index (χ0n) is 15.7. The lowest BCUT2D eigenvalue weighted by Crippen LogP contribution is -2.32. The van der Waals surface area contributed by atoms with E-state index in [0.717, 1.165) is 11.1 Å². The maximum atomic E-state index is 13.4. The number of carbonyl (C=O) groups excluding carboxylic acids is 2. The fourth-order valence-corrected chi connectivity index (χ4v) is 4.72. The predicted octanol–water partition coefficient (Wildman–Crippen LogP) is 4.47. The molecule has 0 radical (unpaired) electrons. The Morgan fingerprint density at radius 2 is 2.00 bits per heavy atom. The molecule has 1 saturated heterocycles. The number of thioether (sulfide) groups is 1. The van der Waals surface area contributed by atoms with Crippen molar-refractivity contribution in [2.24, 2.45) is 0 Å². The molecule has 0 aromatic heterocycles. The topological polar surface area (TPSA) is 73.2 Å². The van der Waals surface area contributed by atoms with Crippen molar-refractivity contribution >= 4 is 52.5 Å². The van der Waals surface area contributed by atoms with Crippen molar-refractivity contribution < 1.29 is 9.59 Å². The van der Waals surface area contributed by atoms with Gasteiger partial charge in [0.25, 0.3) is 5.91 Å². The molecule has 1 fully saturated rings. The van der Waals surface area contributed by atoms with Gasteiger partial charge in [0.1, 0.15) is 16.7 Å². The van der Waals surface area contributed by atoms with E-state index in [-0.39, 0.29) is 11.5 Å². The van der Waals surface area contributed by atoms with Crippen LogP contribution >= 0.6 is 35.0 Å². The van der Waals surface area contributed by atoms with Gasteiger partial charge in [0.05, 0.1) is 10.9 Å². The number of carbonyl (C=O) groups is 2. The predicted molar refractivity (Wildman–Crippen MR) is 117 cm³/mol. The molecule has 1 N–H and O–H groups in total. The second-order valence-corrected chi connectivity index (χ2v) is 8.41. The van der Waals surface area contributed by atoms with Crippen molar-refractivity contribution in [1.29, 1.82) is 5.26 Å². The Labute approximate surface area is 183 Å². The molecule has 5 nitrogen and oxygen atoms in total. The van der Waals surface area contributed by atoms with E-state index in [2.05, 4.69) is 5.32 Å². The third kappa shape index (κ3) is 4.27. The highest BCUT2D eigenvalue weighted by atomic mass is 35.5. The number of nitrogens with one attached hydrogen (secondary N) is 1. The summed E-state index contributed by atoms with van der Waals surface area (Å²) < 4.78 is 0. The van der Waals surface area contributed by atoms with E-state index < -0.39 is 11.2 Å². The molecule has 1 heterocycles. The van der Waals surface area contributed by atoms with Crippen LogP contribution in [0.3, 0.4) is 0 Å². The Balaban J connectivity index is 2.09. The summed E-state index contributed by atoms with van der Waals surface area (Å²) in [6.07, 6.45) is 0.321. The zero-order chi connectivity index (χ0) is 21.1. The summed E-state index contributed by atoms with van der Waals surface area (Å²) in [7, 11) is 1.45. The minimum atomic E-state index is -0.548. The molecule has 148 valence electrons. The van der Waals surface area contributed by atoms with E-state index in [9.17, 15) is 14.9 Å². The largest absolute Gasteiger partial charge is 0.354 e. The Kier molecular flexibility index (Phi) is 6.53. The lowest BCUT2D eigenvalue weighted by atomic mass is 10.1. The molecular weight excluding hydrogens is 429 g/mol. The number of hydrogen-bond acceptors (Lipinski definition) is 4. The molecule has 0 aliphatic carbocycles. The highest BCUT2D eigenvalue weighted by Gasteiger charge is 2.41. The van der Waals surface area contributed by atoms with Crippen LogP contribution in [0.15, 0.2) is 53.1 Å². The Bertz CT molecular complexity index is 1060. The number of likely N-dealkylation sites (N-methyl/N-ethyl adjacent to an activating group) is 1. The number of nitrogens with zero attached hydrogens (tertiary/aromatic N) is 2. The number of hydrogen-bond donors (Lipinski definition) is 1. The lowest BCUT2D eigenvalue weighted by molar-refractivity contribution is -0.117. The molecule has 1 aliphatic rings. The van der Waals surface area contributed by atoms with Gasteiger partial charge in [-0.05, 0) is 48.7 Å². The monoisotopic (exact) mass is 445 g/mol. The van der Waals surface area contributed by atoms with Gasteiger partial charge in [0.15, 0.2) is 0 Å². The van der Waals surface area contributed by atoms with Gasteiger partial charge in [-0.25, -0.2) is 0 Å². The molecule has 2 aromatic carbocycles. The lowest BCUT2D eigenvalue weighted by Gasteiger charge is -2.20. The molecule has 0 unspecified atom stereocenters. The van der Waals surface area contributed by atoms with Gasteiger partial charge in [-0.2, -0.15) is 5.26 Å². The minimum Gasteiger partial charge on any atom is -0.354 e. The van der Waals surface area contributed by atoms with Gasteiger partial charge in [-0.3, -0.25) is 14.5 Å². The molecule has 2 aromatic rings. The van der Waals surface area contributed by atoms with Crippen molar-refractivity contribution in [3.05, 3.63) is 74.2 Å². The van der Waals surface area contributed by atoms with Crippen LogP contribution in [0.4, 0.5) is 5.69 Å². The van der Waals surface area contributed by atoms with Crippen LogP contribution in [0.5, 0.6) is 0 Å². The van der Waals surface area contributed by atoms with E-state index in [1.54, 1.807) is 24.3 Å². The fraction of sp³-hybridized carbons (Fsp3) is 0.190. The normalized spacial score (nSPS) is 17.8. The van der Waals surface area contributed by atoms with Gasteiger partial charge < -0.3 is 5.32 Å². The molecule has 2 amide bonds. The fourth-order valence-electron chi connectivity index (χ4n) is 3.04. The summed E-state index contributed by atoms with van der Waals surface area (Å²) >= 11 is 13.5. The third-order valence-corrected chi connectivity index (χ3v) is 6.37. The van der Waals surface area contributed by atoms with Crippen LogP contribution in [-0.2, 0) is 16.0 Å². The van der Waals surface area contributed by atoms with Gasteiger partial charge in [-0.1, -0.05) is 53.2 Å². The smallest absolute Gasteiger partial charge is 0.264 e. The Hall–Kier alpha value is -2.46. The number of rotatable bonds is 4. The van der Waals surface area contributed by atoms with Crippen LogP contribution in [0.1, 0.15) is 11.1 Å². The summed E-state index contributed by atoms with van der Waals surface area (Å²) in [6, 6.07) is 14.4. The van der Waals surface area contributed by atoms with Crippen molar-refractivity contribution in [1.82, 2.24) is 5.32 Å². The number of halogens is 2. The first-order valence-electron chi connectivity index (χ1n) is 8.74. The Morgan fingerprint density at radius 1 is 1.28 bits per heavy atom. The van der Waals surface area contributed by atoms with Crippen molar-refractivity contribution in [3.8, 4) is 6.07 Å². The molecule has 29 heavy (non-hydrogen) atoms. The second-order valence-electron chi connectivity index (χ2n) is 6.38. The van der Waals surface area contributed by atoms with Crippen molar-refractivity contribution in [2.45, 2.75) is 18.6 Å². The number of para-hydroxylation sites is 1. The zero-order valence-corrected chi connectivity index (χ0v) is 18.0. The molecule has 3 rings (SSSR count). The summed E-state index contributed by atoms with van der Waals surface area (Å²) in [4.78, 5) is 27.1. The molecule has 8 heteroatoms. The van der Waals surface area contributed by atoms with E-state index in [0.29, 0.717) is 27.2 Å². The van der Waals surface area contributed by atoms with Crippen LogP contribution in [0.2, 0.25) is 10.0 Å². The third-order valence-electron chi connectivity index (χ3n) is 4.50. The summed E-state index contributed by atoms with van der Waals surface area (Å²) in [6.45, 7) is 1.87. The highest BCUT2D eigenvalue weighted by Crippen LogP contribution is 2.43. The van der Waals surface area contributed by atoms with E-state index in [4.69, 9.17) is 23.2 Å². The molecule has 1 aliphatic heterocycles. The van der Waals surface area contributed by atoms with Crippen molar-refractivity contribution in [2.75, 3.05) is 11.9 Å². The maximum absolute atomic E-state index is 13.4. The van der Waals surface area contributed by atoms with Gasteiger partial charge >= 0.3 is 0 Å². The average Bonchev–Trinajstić information content (AvgIpc) is 3.01. The first-order chi connectivity index (χ1) is 13.9. The van der Waals surface area contributed by atoms with E-state index in [1.165, 1.54) is 23.7 Å². The quantitative estimate of drug-likeness (QED) is 0.556.